The maximum atomic E-state index is 9.81. The Morgan fingerprint density at radius 3 is 2.68 bits per heavy atom. The van der Waals surface area contributed by atoms with E-state index >= 15 is 0 Å². The molecule has 2 aliphatic rings. The fourth-order valence-corrected chi connectivity index (χ4v) is 6.33. The van der Waals surface area contributed by atoms with Crippen LogP contribution in [-0.4, -0.2) is 31.5 Å². The fourth-order valence-electron chi connectivity index (χ4n) is 5.20. The number of nitrogens with one attached hydrogen (secondary N) is 2. The number of benzene rings is 1. The number of halogens is 1. The third-order valence-corrected chi connectivity index (χ3v) is 8.84. The quantitative estimate of drug-likeness (QED) is 0.254. The normalized spacial score (nSPS) is 17.3. The van der Waals surface area contributed by atoms with Gasteiger partial charge < -0.3 is 10.6 Å². The molecule has 2 N–H and O–H groups in total. The molecule has 1 atom stereocenters. The minimum Gasteiger partial charge on any atom is -0.383 e. The number of aromatic nitrogens is 5. The average molecular weight is 547 g/mol. The van der Waals surface area contributed by atoms with E-state index in [0.29, 0.717) is 22.6 Å². The van der Waals surface area contributed by atoms with Crippen LogP contribution in [0.2, 0.25) is 5.02 Å². The molecular formula is C28H31ClN8S. The number of hydrogen-bond donors (Lipinski definition) is 2. The van der Waals surface area contributed by atoms with Crippen molar-refractivity contribution in [3.05, 3.63) is 56.9 Å². The van der Waals surface area contributed by atoms with Gasteiger partial charge in [0.1, 0.15) is 17.8 Å². The Hall–Kier alpha value is -3.22. The van der Waals surface area contributed by atoms with Gasteiger partial charge in [-0.05, 0) is 56.1 Å². The summed E-state index contributed by atoms with van der Waals surface area (Å²) in [5.74, 6) is 0.730. The standard InChI is InChI=1S/C28H31ClN8S/c1-16-26(38-15-33-16)25(22-13-37(36-35-22)28(7-8-28)18-5-6-18)34-19-9-20-23(32-14-27(2,3)4)17(11-30)12-31-24(20)21(29)10-19/h9-10,12-13,15,18,25,34H,5-8,14H2,1-4H3,(H,31,32)/t25-/m1/s1. The van der Waals surface area contributed by atoms with Crippen LogP contribution in [0.1, 0.15) is 74.3 Å². The number of aryl methyl sites for hydroxylation is 1. The molecule has 0 spiro atoms. The van der Waals surface area contributed by atoms with Gasteiger partial charge in [-0.25, -0.2) is 9.67 Å². The number of rotatable bonds is 8. The van der Waals surface area contributed by atoms with Gasteiger partial charge in [-0.3, -0.25) is 4.98 Å². The molecule has 0 saturated heterocycles. The number of pyridine rings is 1. The molecule has 6 rings (SSSR count). The van der Waals surface area contributed by atoms with E-state index in [1.165, 1.54) is 25.7 Å². The van der Waals surface area contributed by atoms with Crippen LogP contribution in [0.3, 0.4) is 0 Å². The molecule has 1 aromatic carbocycles. The molecule has 10 heteroatoms. The van der Waals surface area contributed by atoms with Crippen LogP contribution in [0.25, 0.3) is 10.9 Å². The summed E-state index contributed by atoms with van der Waals surface area (Å²) in [7, 11) is 0. The Morgan fingerprint density at radius 1 is 1.26 bits per heavy atom. The highest BCUT2D eigenvalue weighted by atomic mass is 35.5. The molecule has 3 heterocycles. The highest BCUT2D eigenvalue weighted by Gasteiger charge is 2.56. The van der Waals surface area contributed by atoms with Crippen LogP contribution in [0, 0.1) is 29.6 Å². The first-order chi connectivity index (χ1) is 18.2. The summed E-state index contributed by atoms with van der Waals surface area (Å²) in [6.45, 7) is 9.17. The summed E-state index contributed by atoms with van der Waals surface area (Å²) >= 11 is 8.36. The summed E-state index contributed by atoms with van der Waals surface area (Å²) in [6, 6.07) is 5.94. The van der Waals surface area contributed by atoms with Crippen molar-refractivity contribution in [3.63, 3.8) is 0 Å². The third kappa shape index (κ3) is 4.61. The van der Waals surface area contributed by atoms with Crippen molar-refractivity contribution in [1.29, 1.82) is 5.26 Å². The van der Waals surface area contributed by atoms with Crippen LogP contribution in [0.15, 0.2) is 30.0 Å². The van der Waals surface area contributed by atoms with E-state index in [9.17, 15) is 5.26 Å². The number of thiazole rings is 1. The average Bonchev–Trinajstić information content (AvgIpc) is 3.79. The molecular weight excluding hydrogens is 516 g/mol. The van der Waals surface area contributed by atoms with E-state index in [1.807, 2.05) is 24.6 Å². The Balaban J connectivity index is 1.40. The first-order valence-corrected chi connectivity index (χ1v) is 14.3. The summed E-state index contributed by atoms with van der Waals surface area (Å²) in [5.41, 5.74) is 6.57. The van der Waals surface area contributed by atoms with Gasteiger partial charge in [0.15, 0.2) is 0 Å². The maximum Gasteiger partial charge on any atom is 0.110 e. The Kier molecular flexibility index (Phi) is 6.08. The van der Waals surface area contributed by atoms with Gasteiger partial charge in [0, 0.05) is 23.8 Å². The molecule has 8 nitrogen and oxygen atoms in total. The van der Waals surface area contributed by atoms with Crippen LogP contribution in [-0.2, 0) is 5.54 Å². The molecule has 4 aromatic rings. The predicted octanol–water partition coefficient (Wildman–Crippen LogP) is 6.67. The lowest BCUT2D eigenvalue weighted by Gasteiger charge is -2.22. The fraction of sp³-hybridized carbons (Fsp3) is 0.464. The summed E-state index contributed by atoms with van der Waals surface area (Å²) < 4.78 is 2.11. The van der Waals surface area contributed by atoms with Crippen LogP contribution >= 0.6 is 22.9 Å². The van der Waals surface area contributed by atoms with E-state index in [4.69, 9.17) is 11.6 Å². The van der Waals surface area contributed by atoms with Gasteiger partial charge in [0.25, 0.3) is 0 Å². The molecule has 3 aromatic heterocycles. The minimum atomic E-state index is -0.238. The smallest absolute Gasteiger partial charge is 0.110 e. The topological polar surface area (TPSA) is 104 Å². The van der Waals surface area contributed by atoms with Gasteiger partial charge in [-0.15, -0.1) is 16.4 Å². The molecule has 0 bridgehead atoms. The van der Waals surface area contributed by atoms with Crippen molar-refractivity contribution in [2.75, 3.05) is 17.2 Å². The molecule has 0 unspecified atom stereocenters. The highest BCUT2D eigenvalue weighted by Crippen LogP contribution is 2.59. The molecule has 196 valence electrons. The van der Waals surface area contributed by atoms with Gasteiger partial charge >= 0.3 is 0 Å². The number of hydrogen-bond acceptors (Lipinski definition) is 8. The Labute approximate surface area is 231 Å². The van der Waals surface area contributed by atoms with Crippen molar-refractivity contribution in [2.45, 2.75) is 65.0 Å². The van der Waals surface area contributed by atoms with E-state index in [-0.39, 0.29) is 17.0 Å². The molecule has 2 fully saturated rings. The van der Waals surface area contributed by atoms with Crippen molar-refractivity contribution >= 4 is 45.2 Å². The van der Waals surface area contributed by atoms with E-state index in [0.717, 1.165) is 38.9 Å². The number of nitriles is 1. The van der Waals surface area contributed by atoms with Crippen molar-refractivity contribution in [3.8, 4) is 6.07 Å². The predicted molar refractivity (Wildman–Crippen MR) is 152 cm³/mol. The van der Waals surface area contributed by atoms with Crippen molar-refractivity contribution < 1.29 is 0 Å². The number of anilines is 2. The molecule has 0 amide bonds. The summed E-state index contributed by atoms with van der Waals surface area (Å²) in [5, 5.41) is 27.5. The summed E-state index contributed by atoms with van der Waals surface area (Å²) in [6.07, 6.45) is 8.61. The SMILES string of the molecule is Cc1ncsc1[C@H](Nc1cc(Cl)c2ncc(C#N)c(NCC(C)(C)C)c2c1)c1cn(C2(C3CC3)CC2)nn1. The zero-order valence-electron chi connectivity index (χ0n) is 22.0. The zero-order chi connectivity index (χ0) is 26.7. The van der Waals surface area contributed by atoms with E-state index in [2.05, 4.69) is 68.6 Å². The second-order valence-corrected chi connectivity index (χ2v) is 13.1. The third-order valence-electron chi connectivity index (χ3n) is 7.56. The molecule has 38 heavy (non-hydrogen) atoms. The van der Waals surface area contributed by atoms with Gasteiger partial charge in [0.2, 0.25) is 0 Å². The lowest BCUT2D eigenvalue weighted by Crippen LogP contribution is -2.20. The first-order valence-electron chi connectivity index (χ1n) is 13.0. The maximum absolute atomic E-state index is 9.81. The van der Waals surface area contributed by atoms with Gasteiger partial charge in [-0.1, -0.05) is 37.6 Å². The van der Waals surface area contributed by atoms with Crippen LogP contribution in [0.4, 0.5) is 11.4 Å². The Morgan fingerprint density at radius 2 is 2.05 bits per heavy atom. The summed E-state index contributed by atoms with van der Waals surface area (Å²) in [4.78, 5) is 10.1. The largest absolute Gasteiger partial charge is 0.383 e. The van der Waals surface area contributed by atoms with Crippen LogP contribution < -0.4 is 10.6 Å². The van der Waals surface area contributed by atoms with Gasteiger partial charge in [0.05, 0.1) is 49.6 Å². The second kappa shape index (κ2) is 9.21. The van der Waals surface area contributed by atoms with Crippen LogP contribution in [0.5, 0.6) is 0 Å². The second-order valence-electron chi connectivity index (χ2n) is 11.8. The highest BCUT2D eigenvalue weighted by molar-refractivity contribution is 7.09. The van der Waals surface area contributed by atoms with E-state index < -0.39 is 0 Å². The molecule has 2 saturated carbocycles. The number of fused-ring (bicyclic) bond motifs is 1. The molecule has 0 radical (unpaired) electrons. The zero-order valence-corrected chi connectivity index (χ0v) is 23.6. The van der Waals surface area contributed by atoms with E-state index in [1.54, 1.807) is 17.5 Å². The number of nitrogens with zero attached hydrogens (tertiary/aromatic N) is 6. The molecule has 0 aliphatic heterocycles. The first kappa shape index (κ1) is 25.1. The van der Waals surface area contributed by atoms with Gasteiger partial charge in [-0.2, -0.15) is 5.26 Å². The molecule has 2 aliphatic carbocycles. The van der Waals surface area contributed by atoms with Crippen molar-refractivity contribution in [1.82, 2.24) is 25.0 Å². The monoisotopic (exact) mass is 546 g/mol. The lowest BCUT2D eigenvalue weighted by atomic mass is 9.96. The minimum absolute atomic E-state index is 0.0297. The van der Waals surface area contributed by atoms with Crippen molar-refractivity contribution in [2.24, 2.45) is 11.3 Å². The lowest BCUT2D eigenvalue weighted by molar-refractivity contribution is 0.371. The Bertz CT molecular complexity index is 1550.